The van der Waals surface area contributed by atoms with Crippen LogP contribution in [-0.2, 0) is 4.74 Å². The molecule has 1 aromatic heterocycles. The van der Waals surface area contributed by atoms with E-state index in [4.69, 9.17) is 4.74 Å². The van der Waals surface area contributed by atoms with Gasteiger partial charge in [-0.25, -0.2) is 9.78 Å². The maximum Gasteiger partial charge on any atom is 0.350 e. The van der Waals surface area contributed by atoms with Crippen molar-refractivity contribution >= 4 is 34.7 Å². The third-order valence-corrected chi connectivity index (χ3v) is 3.92. The standard InChI is InChI=1S/C17H19N3O2S/c1-4-22-16(21)15-13(3)19-17(23-15)20-18-11-12(2)10-14-8-6-5-7-9-14/h5-11H,4H2,1-3H3,(H,19,20). The summed E-state index contributed by atoms with van der Waals surface area (Å²) in [4.78, 5) is 16.5. The topological polar surface area (TPSA) is 63.6 Å². The minimum Gasteiger partial charge on any atom is -0.462 e. The number of hydrogen-bond acceptors (Lipinski definition) is 6. The Morgan fingerprint density at radius 2 is 2.13 bits per heavy atom. The van der Waals surface area contributed by atoms with E-state index < -0.39 is 0 Å². The van der Waals surface area contributed by atoms with Crippen molar-refractivity contribution in [1.29, 1.82) is 0 Å². The van der Waals surface area contributed by atoms with E-state index in [0.717, 1.165) is 11.1 Å². The summed E-state index contributed by atoms with van der Waals surface area (Å²) in [5, 5.41) is 4.71. The van der Waals surface area contributed by atoms with E-state index in [0.29, 0.717) is 22.3 Å². The molecule has 0 unspecified atom stereocenters. The van der Waals surface area contributed by atoms with Crippen LogP contribution < -0.4 is 5.43 Å². The van der Waals surface area contributed by atoms with Crippen LogP contribution >= 0.6 is 11.3 Å². The lowest BCUT2D eigenvalue weighted by Gasteiger charge is -1.97. The van der Waals surface area contributed by atoms with E-state index in [9.17, 15) is 4.79 Å². The third kappa shape index (κ3) is 5.03. The van der Waals surface area contributed by atoms with Crippen LogP contribution in [0.1, 0.15) is 34.8 Å². The van der Waals surface area contributed by atoms with Crippen LogP contribution in [0.15, 0.2) is 41.0 Å². The van der Waals surface area contributed by atoms with Gasteiger partial charge >= 0.3 is 5.97 Å². The number of carbonyl (C=O) groups is 1. The number of aryl methyl sites for hydroxylation is 1. The fourth-order valence-electron chi connectivity index (χ4n) is 1.87. The highest BCUT2D eigenvalue weighted by Crippen LogP contribution is 2.23. The van der Waals surface area contributed by atoms with Gasteiger partial charge in [0.1, 0.15) is 4.88 Å². The summed E-state index contributed by atoms with van der Waals surface area (Å²) in [6.07, 6.45) is 3.75. The molecule has 0 aliphatic carbocycles. The molecule has 5 nitrogen and oxygen atoms in total. The maximum absolute atomic E-state index is 11.7. The van der Waals surface area contributed by atoms with Crippen LogP contribution in [0.4, 0.5) is 5.13 Å². The van der Waals surface area contributed by atoms with E-state index in [2.05, 4.69) is 15.5 Å². The number of rotatable bonds is 6. The van der Waals surface area contributed by atoms with Gasteiger partial charge in [0.25, 0.3) is 0 Å². The number of ether oxygens (including phenoxy) is 1. The first-order valence-electron chi connectivity index (χ1n) is 7.27. The molecule has 0 fully saturated rings. The molecule has 0 saturated heterocycles. The van der Waals surface area contributed by atoms with Gasteiger partial charge < -0.3 is 4.74 Å². The third-order valence-electron chi connectivity index (χ3n) is 2.88. The quantitative estimate of drug-likeness (QED) is 0.492. The highest BCUT2D eigenvalue weighted by molar-refractivity contribution is 7.17. The Morgan fingerprint density at radius 3 is 2.83 bits per heavy atom. The fraction of sp³-hybridized carbons (Fsp3) is 0.235. The van der Waals surface area contributed by atoms with Crippen molar-refractivity contribution in [3.63, 3.8) is 0 Å². The molecular weight excluding hydrogens is 310 g/mol. The number of carbonyl (C=O) groups excluding carboxylic acids is 1. The van der Waals surface area contributed by atoms with Crippen molar-refractivity contribution in [2.24, 2.45) is 5.10 Å². The predicted molar refractivity (Wildman–Crippen MR) is 95.0 cm³/mol. The molecule has 1 heterocycles. The molecule has 2 aromatic rings. The van der Waals surface area contributed by atoms with Gasteiger partial charge in [0.15, 0.2) is 0 Å². The molecule has 1 aromatic carbocycles. The van der Waals surface area contributed by atoms with Crippen molar-refractivity contribution < 1.29 is 9.53 Å². The summed E-state index contributed by atoms with van der Waals surface area (Å²) < 4.78 is 4.99. The second-order valence-corrected chi connectivity index (χ2v) is 5.82. The average molecular weight is 329 g/mol. The highest BCUT2D eigenvalue weighted by atomic mass is 32.1. The molecule has 0 spiro atoms. The van der Waals surface area contributed by atoms with Crippen LogP contribution in [0.5, 0.6) is 0 Å². The molecule has 0 aliphatic rings. The zero-order valence-corrected chi connectivity index (χ0v) is 14.2. The van der Waals surface area contributed by atoms with E-state index in [1.165, 1.54) is 11.3 Å². The molecule has 0 saturated carbocycles. The normalized spacial score (nSPS) is 11.7. The predicted octanol–water partition coefficient (Wildman–Crippen LogP) is 4.13. The Balaban J connectivity index is 1.99. The minimum atomic E-state index is -0.348. The Hall–Kier alpha value is -2.47. The van der Waals surface area contributed by atoms with Crippen LogP contribution in [0.2, 0.25) is 0 Å². The molecule has 0 amide bonds. The van der Waals surface area contributed by atoms with Crippen LogP contribution in [0.3, 0.4) is 0 Å². The number of anilines is 1. The Bertz CT molecular complexity index is 721. The summed E-state index contributed by atoms with van der Waals surface area (Å²) in [7, 11) is 0. The SMILES string of the molecule is CCOC(=O)c1sc(NN=CC(C)=Cc2ccccc2)nc1C. The molecular formula is C17H19N3O2S. The zero-order chi connectivity index (χ0) is 16.7. The van der Waals surface area contributed by atoms with Gasteiger partial charge in [0, 0.05) is 0 Å². The van der Waals surface area contributed by atoms with Gasteiger partial charge in [-0.15, -0.1) is 0 Å². The van der Waals surface area contributed by atoms with Crippen LogP contribution in [0, 0.1) is 6.92 Å². The summed E-state index contributed by atoms with van der Waals surface area (Å²) in [5.74, 6) is -0.348. The lowest BCUT2D eigenvalue weighted by molar-refractivity contribution is 0.0531. The van der Waals surface area contributed by atoms with Crippen LogP contribution in [0.25, 0.3) is 6.08 Å². The van der Waals surface area contributed by atoms with E-state index in [1.54, 1.807) is 20.1 Å². The Morgan fingerprint density at radius 1 is 1.39 bits per heavy atom. The summed E-state index contributed by atoms with van der Waals surface area (Å²) in [6, 6.07) is 10.0. The smallest absolute Gasteiger partial charge is 0.350 e. The van der Waals surface area contributed by atoms with E-state index in [1.807, 2.05) is 43.3 Å². The van der Waals surface area contributed by atoms with Crippen molar-refractivity contribution in [3.8, 4) is 0 Å². The zero-order valence-electron chi connectivity index (χ0n) is 13.4. The number of nitrogens with one attached hydrogen (secondary N) is 1. The Labute approximate surface area is 139 Å². The molecule has 0 aliphatic heterocycles. The first-order valence-corrected chi connectivity index (χ1v) is 8.08. The number of allylic oxidation sites excluding steroid dienone is 1. The molecule has 2 rings (SSSR count). The molecule has 0 bridgehead atoms. The molecule has 120 valence electrons. The second kappa shape index (κ2) is 8.24. The number of aromatic nitrogens is 1. The summed E-state index contributed by atoms with van der Waals surface area (Å²) >= 11 is 1.23. The average Bonchev–Trinajstić information content (AvgIpc) is 2.89. The van der Waals surface area contributed by atoms with Crippen molar-refractivity contribution in [2.75, 3.05) is 12.0 Å². The lowest BCUT2D eigenvalue weighted by atomic mass is 10.1. The first kappa shape index (κ1) is 16.9. The molecule has 0 atom stereocenters. The number of nitrogens with zero attached hydrogens (tertiary/aromatic N) is 2. The summed E-state index contributed by atoms with van der Waals surface area (Å²) in [5.41, 5.74) is 5.61. The largest absolute Gasteiger partial charge is 0.462 e. The van der Waals surface area contributed by atoms with Gasteiger partial charge in [-0.2, -0.15) is 5.10 Å². The summed E-state index contributed by atoms with van der Waals surface area (Å²) in [6.45, 7) is 5.87. The highest BCUT2D eigenvalue weighted by Gasteiger charge is 2.15. The minimum absolute atomic E-state index is 0.348. The molecule has 0 radical (unpaired) electrons. The monoisotopic (exact) mass is 329 g/mol. The first-order chi connectivity index (χ1) is 11.1. The number of hydrazone groups is 1. The number of hydrogen-bond donors (Lipinski definition) is 1. The fourth-order valence-corrected chi connectivity index (χ4v) is 2.68. The lowest BCUT2D eigenvalue weighted by Crippen LogP contribution is -2.03. The van der Waals surface area contributed by atoms with Gasteiger partial charge in [0.2, 0.25) is 5.13 Å². The molecule has 1 N–H and O–H groups in total. The van der Waals surface area contributed by atoms with Crippen LogP contribution in [-0.4, -0.2) is 23.8 Å². The number of esters is 1. The van der Waals surface area contributed by atoms with Gasteiger partial charge in [-0.1, -0.05) is 47.7 Å². The molecule has 23 heavy (non-hydrogen) atoms. The van der Waals surface area contributed by atoms with E-state index >= 15 is 0 Å². The van der Waals surface area contributed by atoms with Crippen molar-refractivity contribution in [2.45, 2.75) is 20.8 Å². The molecule has 6 heteroatoms. The second-order valence-electron chi connectivity index (χ2n) is 4.82. The Kier molecular flexibility index (Phi) is 6.05. The van der Waals surface area contributed by atoms with E-state index in [-0.39, 0.29) is 5.97 Å². The van der Waals surface area contributed by atoms with Gasteiger partial charge in [-0.05, 0) is 31.9 Å². The maximum atomic E-state index is 11.7. The van der Waals surface area contributed by atoms with Crippen molar-refractivity contribution in [3.05, 3.63) is 52.0 Å². The van der Waals surface area contributed by atoms with Crippen molar-refractivity contribution in [1.82, 2.24) is 4.98 Å². The van der Waals surface area contributed by atoms with Gasteiger partial charge in [-0.3, -0.25) is 5.43 Å². The number of thiazole rings is 1. The number of benzene rings is 1. The van der Waals surface area contributed by atoms with Gasteiger partial charge in [0.05, 0.1) is 18.5 Å².